The fourth-order valence-corrected chi connectivity index (χ4v) is 9.70. The number of allylic oxidation sites excluding steroid dienone is 14. The number of aliphatic hydroxyl groups is 3. The van der Waals surface area contributed by atoms with E-state index < -0.39 is 36.3 Å². The maximum atomic E-state index is 12.5. The number of hydrogen-bond acceptors (Lipinski definition) is 7. The predicted octanol–water partition coefficient (Wildman–Crippen LogP) is 16.2. The number of unbranched alkanes of at least 4 members (excludes halogenated alkanes) is 12. The molecule has 2 rings (SSSR count). The smallest absolute Gasteiger partial charge is 0.305 e. The van der Waals surface area contributed by atoms with Crippen molar-refractivity contribution < 1.29 is 34.3 Å². The molecule has 1 aliphatic heterocycles. The largest absolute Gasteiger partial charge is 0.463 e. The molecule has 1 fully saturated rings. The van der Waals surface area contributed by atoms with Gasteiger partial charge >= 0.3 is 5.97 Å². The van der Waals surface area contributed by atoms with Crippen LogP contribution in [-0.2, 0) is 19.0 Å². The van der Waals surface area contributed by atoms with Gasteiger partial charge in [0.25, 0.3) is 0 Å². The highest BCUT2D eigenvalue weighted by molar-refractivity contribution is 5.69. The Labute approximate surface area is 418 Å². The van der Waals surface area contributed by atoms with Gasteiger partial charge in [-0.1, -0.05) is 193 Å². The third-order valence-corrected chi connectivity index (χ3v) is 14.5. The van der Waals surface area contributed by atoms with Crippen LogP contribution in [0.1, 0.15) is 243 Å². The lowest BCUT2D eigenvalue weighted by Gasteiger charge is -2.42. The lowest BCUT2D eigenvalue weighted by atomic mass is 9.71. The van der Waals surface area contributed by atoms with Crippen LogP contribution in [0, 0.1) is 11.3 Å². The summed E-state index contributed by atoms with van der Waals surface area (Å²) < 4.78 is 17.5. The first-order valence-corrected chi connectivity index (χ1v) is 27.6. The third-order valence-electron chi connectivity index (χ3n) is 14.5. The Morgan fingerprint density at radius 2 is 1.40 bits per heavy atom. The van der Waals surface area contributed by atoms with Crippen LogP contribution < -0.4 is 0 Å². The van der Waals surface area contributed by atoms with E-state index in [0.717, 1.165) is 51.4 Å². The van der Waals surface area contributed by atoms with Crippen LogP contribution in [0.25, 0.3) is 0 Å². The van der Waals surface area contributed by atoms with Gasteiger partial charge < -0.3 is 29.5 Å². The van der Waals surface area contributed by atoms with Gasteiger partial charge in [0.1, 0.15) is 31.0 Å². The lowest BCUT2D eigenvalue weighted by molar-refractivity contribution is -0.324. The minimum atomic E-state index is -1.48. The van der Waals surface area contributed by atoms with Crippen LogP contribution in [-0.4, -0.2) is 64.2 Å². The van der Waals surface area contributed by atoms with Crippen LogP contribution >= 0.6 is 0 Å². The molecule has 1 aliphatic carbocycles. The van der Waals surface area contributed by atoms with Crippen LogP contribution in [0.2, 0.25) is 0 Å². The Morgan fingerprint density at radius 1 is 0.779 bits per heavy atom. The quantitative estimate of drug-likeness (QED) is 0.0251. The molecule has 0 aromatic heterocycles. The summed E-state index contributed by atoms with van der Waals surface area (Å²) in [6, 6.07) is 0. The summed E-state index contributed by atoms with van der Waals surface area (Å²) in [7, 11) is 0. The summed E-state index contributed by atoms with van der Waals surface area (Å²) in [4.78, 5) is 12.5. The summed E-state index contributed by atoms with van der Waals surface area (Å²) in [6.45, 7) is 24.3. The van der Waals surface area contributed by atoms with E-state index in [9.17, 15) is 20.1 Å². The molecule has 0 saturated carbocycles. The molecule has 390 valence electrons. The van der Waals surface area contributed by atoms with Crippen molar-refractivity contribution in [2.45, 2.75) is 279 Å². The third kappa shape index (κ3) is 27.2. The molecule has 1 saturated heterocycles. The van der Waals surface area contributed by atoms with Crippen molar-refractivity contribution in [2.24, 2.45) is 11.3 Å². The van der Waals surface area contributed by atoms with Gasteiger partial charge in [-0.3, -0.25) is 4.79 Å². The summed E-state index contributed by atoms with van der Waals surface area (Å²) >= 11 is 0. The second-order valence-corrected chi connectivity index (χ2v) is 22.3. The molecule has 0 aromatic rings. The number of carbonyl (C=O) groups is 1. The molecular formula is C61H104O7. The molecule has 68 heavy (non-hydrogen) atoms. The first-order chi connectivity index (χ1) is 32.3. The summed E-state index contributed by atoms with van der Waals surface area (Å²) in [5, 5.41) is 32.0. The molecule has 6 atom stereocenters. The molecular weight excluding hydrogens is 845 g/mol. The zero-order valence-electron chi connectivity index (χ0n) is 45.6. The van der Waals surface area contributed by atoms with E-state index >= 15 is 0 Å². The van der Waals surface area contributed by atoms with E-state index in [1.165, 1.54) is 125 Å². The highest BCUT2D eigenvalue weighted by Gasteiger charge is 2.46. The highest BCUT2D eigenvalue weighted by Crippen LogP contribution is 2.42. The van der Waals surface area contributed by atoms with Gasteiger partial charge in [0.15, 0.2) is 6.29 Å². The maximum Gasteiger partial charge on any atom is 0.305 e. The van der Waals surface area contributed by atoms with Crippen LogP contribution in [0.4, 0.5) is 0 Å². The molecule has 0 amide bonds. The summed E-state index contributed by atoms with van der Waals surface area (Å²) in [5.41, 5.74) is 8.31. The molecule has 2 aliphatic rings. The first kappa shape index (κ1) is 61.6. The van der Waals surface area contributed by atoms with Crippen molar-refractivity contribution in [3.63, 3.8) is 0 Å². The Hall–Kier alpha value is -2.55. The molecule has 1 unspecified atom stereocenters. The Kier molecular flexibility index (Phi) is 31.4. The zero-order valence-corrected chi connectivity index (χ0v) is 45.6. The second kappa shape index (κ2) is 34.7. The van der Waals surface area contributed by atoms with Crippen molar-refractivity contribution in [1.82, 2.24) is 0 Å². The summed E-state index contributed by atoms with van der Waals surface area (Å²) in [5.74, 6) is 0.365. The normalized spacial score (nSPS) is 22.8. The zero-order chi connectivity index (χ0) is 50.4. The van der Waals surface area contributed by atoms with Crippen molar-refractivity contribution in [3.05, 3.63) is 82.0 Å². The molecule has 0 radical (unpaired) electrons. The number of esters is 1. The second-order valence-electron chi connectivity index (χ2n) is 22.3. The van der Waals surface area contributed by atoms with Crippen LogP contribution in [0.3, 0.4) is 0 Å². The predicted molar refractivity (Wildman–Crippen MR) is 287 cm³/mol. The van der Waals surface area contributed by atoms with Crippen LogP contribution in [0.5, 0.6) is 0 Å². The van der Waals surface area contributed by atoms with Gasteiger partial charge in [0.05, 0.1) is 5.60 Å². The number of hydrogen-bond donors (Lipinski definition) is 3. The summed E-state index contributed by atoms with van der Waals surface area (Å²) in [6.07, 6.45) is 41.2. The minimum Gasteiger partial charge on any atom is -0.463 e. The lowest BCUT2D eigenvalue weighted by Crippen LogP contribution is -2.60. The Balaban J connectivity index is 1.63. The van der Waals surface area contributed by atoms with E-state index in [1.807, 2.05) is 13.8 Å². The molecule has 0 spiro atoms. The average molecular weight is 949 g/mol. The van der Waals surface area contributed by atoms with Crippen molar-refractivity contribution in [2.75, 3.05) is 6.61 Å². The topological polar surface area (TPSA) is 105 Å². The molecule has 7 nitrogen and oxygen atoms in total. The Bertz CT molecular complexity index is 1620. The molecule has 3 N–H and O–H groups in total. The number of aliphatic hydroxyl groups excluding tert-OH is 3. The first-order valence-electron chi connectivity index (χ1n) is 27.6. The number of ether oxygens (including phenoxy) is 3. The fourth-order valence-electron chi connectivity index (χ4n) is 9.70. The van der Waals surface area contributed by atoms with Gasteiger partial charge in [-0.15, -0.1) is 0 Å². The van der Waals surface area contributed by atoms with Gasteiger partial charge in [-0.05, 0) is 137 Å². The molecule has 7 heteroatoms. The average Bonchev–Trinajstić information content (AvgIpc) is 3.27. The van der Waals surface area contributed by atoms with Crippen LogP contribution in [0.15, 0.2) is 82.0 Å². The number of carbonyl (C=O) groups excluding carboxylic acids is 1. The standard InChI is InChI=1S/C61H104O7/c1-12-13-14-15-16-17-18-19-20-21-22-23-41-55(62)66-46-54-56(63)57(64)58(65)59(67-54)68-61(10,11)45-29-39-50(5)37-27-36-49(4)35-26-33-47(2)31-24-25-32-48(3)34-28-38-51(6)42-43-53-52(7)40-30-44-60(53,8)9/h27-28,33,35-38,42,48,54,56-59,63-65H,12-26,29-32,34,39-41,43-46H2,1-11H3/b36-27+,38-28+,47-33+,49-35+,50-37+,51-42+/t48?,54-,56-,57+,58-,59-/m1/s1. The monoisotopic (exact) mass is 949 g/mol. The van der Waals surface area contributed by atoms with Crippen molar-refractivity contribution in [1.29, 1.82) is 0 Å². The van der Waals surface area contributed by atoms with E-state index in [4.69, 9.17) is 14.2 Å². The van der Waals surface area contributed by atoms with Crippen molar-refractivity contribution in [3.8, 4) is 0 Å². The number of rotatable bonds is 35. The van der Waals surface area contributed by atoms with E-state index in [-0.39, 0.29) is 12.6 Å². The van der Waals surface area contributed by atoms with E-state index in [2.05, 4.69) is 111 Å². The Morgan fingerprint density at radius 3 is 2.06 bits per heavy atom. The minimum absolute atomic E-state index is 0.209. The van der Waals surface area contributed by atoms with E-state index in [0.29, 0.717) is 24.2 Å². The van der Waals surface area contributed by atoms with Gasteiger partial charge in [0.2, 0.25) is 0 Å². The van der Waals surface area contributed by atoms with E-state index in [1.54, 1.807) is 11.1 Å². The molecule has 1 heterocycles. The van der Waals surface area contributed by atoms with Gasteiger partial charge in [0, 0.05) is 6.42 Å². The van der Waals surface area contributed by atoms with Gasteiger partial charge in [-0.25, -0.2) is 0 Å². The SMILES string of the molecule is CCCCCCCCCCCCCCC(=O)OC[C@H]1O[C@H](OC(C)(C)CCC/C(C)=C/C=C/C(C)=C/C/C=C(\C)CCCCC(C)C/C=C/C(C)=C/CC2=C(C)CCCC2(C)C)[C@H](O)[C@@H](O)[C@@H]1O. The van der Waals surface area contributed by atoms with Crippen molar-refractivity contribution >= 4 is 5.97 Å². The van der Waals surface area contributed by atoms with Gasteiger partial charge in [-0.2, -0.15) is 0 Å². The maximum absolute atomic E-state index is 12.5. The molecule has 0 aromatic carbocycles. The highest BCUT2D eigenvalue weighted by atomic mass is 16.7. The fraction of sp³-hybridized carbons (Fsp3) is 0.754. The molecule has 0 bridgehead atoms.